The van der Waals surface area contributed by atoms with E-state index in [0.717, 1.165) is 160 Å². The number of rotatable bonds is 21. The van der Waals surface area contributed by atoms with Gasteiger partial charge in [-0.2, -0.15) is 13.2 Å². The number of hydrogen-bond acceptors (Lipinski definition) is 20. The summed E-state index contributed by atoms with van der Waals surface area (Å²) in [6, 6.07) is 19.1. The zero-order chi connectivity index (χ0) is 97.3. The lowest BCUT2D eigenvalue weighted by molar-refractivity contribution is -0.140. The van der Waals surface area contributed by atoms with Crippen LogP contribution in [0.2, 0.25) is 40.2 Å². The number of carbonyl (C=O) groups excluding carboxylic acids is 3. The first kappa shape index (κ1) is 98.9. The fraction of sp³-hybridized carbons (Fsp3) is 0.475. The Kier molecular flexibility index (Phi) is 28.8. The van der Waals surface area contributed by atoms with Gasteiger partial charge in [-0.1, -0.05) is 152 Å². The molecular weight excluding hydrogens is 2050 g/mol. The Labute approximate surface area is 862 Å². The number of aromatic nitrogens is 3. The number of carboxylic acids is 3. The van der Waals surface area contributed by atoms with E-state index in [1.807, 2.05) is 22.9 Å². The second-order valence-corrected chi connectivity index (χ2v) is 48.2. The molecule has 6 atom stereocenters. The lowest BCUT2D eigenvalue weighted by Crippen LogP contribution is -2.57. The molecule has 15 fully saturated rings. The number of amides is 3. The van der Waals surface area contributed by atoms with Crippen molar-refractivity contribution in [3.8, 4) is 32.4 Å². The van der Waals surface area contributed by atoms with Crippen LogP contribution in [0.25, 0.3) is 50.6 Å². The fourth-order valence-electron chi connectivity index (χ4n) is 25.9. The zero-order valence-corrected chi connectivity index (χ0v) is 86.2. The highest BCUT2D eigenvalue weighted by Gasteiger charge is 2.57. The first-order valence-corrected chi connectivity index (χ1v) is 54.8. The summed E-state index contributed by atoms with van der Waals surface area (Å²) in [5.41, 5.74) is 1.71. The minimum absolute atomic E-state index is 0.0106. The number of fused-ring (bicyclic) bond motifs is 3. The van der Waals surface area contributed by atoms with E-state index >= 15 is 4.39 Å². The van der Waals surface area contributed by atoms with Crippen molar-refractivity contribution in [2.45, 2.75) is 179 Å². The largest absolute Gasteiger partial charge is 0.478 e. The lowest BCUT2D eigenvalue weighted by Gasteiger charge is -2.57. The van der Waals surface area contributed by atoms with E-state index in [4.69, 9.17) is 103 Å². The normalized spacial score (nSPS) is 27.1. The molecule has 3 amide bonds. The van der Waals surface area contributed by atoms with Crippen LogP contribution in [0.15, 0.2) is 94.2 Å². The van der Waals surface area contributed by atoms with Gasteiger partial charge in [0.2, 0.25) is 0 Å². The van der Waals surface area contributed by atoms with Gasteiger partial charge in [0.25, 0.3) is 17.7 Å². The molecule has 0 radical (unpaired) electrons. The monoisotopic (exact) mass is 2140 g/mol. The van der Waals surface area contributed by atoms with E-state index in [1.165, 1.54) is 214 Å². The maximum absolute atomic E-state index is 15.5. The Morgan fingerprint density at radius 2 is 0.741 bits per heavy atom. The molecule has 0 spiro atoms. The number of nitrogens with one attached hydrogen (secondary N) is 3. The van der Waals surface area contributed by atoms with Crippen molar-refractivity contribution in [3.63, 3.8) is 0 Å². The quantitative estimate of drug-likeness (QED) is 0.0289. The van der Waals surface area contributed by atoms with Crippen molar-refractivity contribution in [2.24, 2.45) is 65.1 Å². The van der Waals surface area contributed by atoms with Crippen LogP contribution < -0.4 is 30.7 Å². The molecule has 11 heterocycles. The number of nitrogens with zero attached hydrogens (tertiary/aromatic N) is 9. The molecule has 734 valence electrons. The third-order valence-electron chi connectivity index (χ3n) is 31.6. The van der Waals surface area contributed by atoms with Gasteiger partial charge in [-0.3, -0.25) is 45.0 Å². The molecule has 5 aromatic heterocycles. The summed E-state index contributed by atoms with van der Waals surface area (Å²) in [5, 5.41) is 46.0. The summed E-state index contributed by atoms with van der Waals surface area (Å²) in [7, 11) is 0. The summed E-state index contributed by atoms with van der Waals surface area (Å²) in [5.74, 6) is 2.91. The van der Waals surface area contributed by atoms with Crippen molar-refractivity contribution < 1.29 is 61.6 Å². The minimum atomic E-state index is -4.90. The lowest BCUT2D eigenvalue weighted by atomic mass is 9.54. The maximum atomic E-state index is 15.5. The molecule has 8 bridgehead atoms. The first-order chi connectivity index (χ1) is 66.5. The van der Waals surface area contributed by atoms with Crippen LogP contribution in [-0.4, -0.2) is 176 Å². The molecule has 6 saturated heterocycles. The van der Waals surface area contributed by atoms with E-state index in [9.17, 15) is 57.3 Å². The van der Waals surface area contributed by atoms with Gasteiger partial charge in [0.15, 0.2) is 15.4 Å². The smallest absolute Gasteiger partial charge is 0.419 e. The molecule has 6 N–H and O–H groups in total. The van der Waals surface area contributed by atoms with Crippen LogP contribution in [0.1, 0.15) is 190 Å². The van der Waals surface area contributed by atoms with Crippen molar-refractivity contribution >= 4 is 234 Å². The molecule has 139 heavy (non-hydrogen) atoms. The van der Waals surface area contributed by atoms with Crippen LogP contribution in [-0.2, 0) is 20.6 Å². The van der Waals surface area contributed by atoms with Crippen molar-refractivity contribution in [1.82, 2.24) is 29.7 Å². The molecule has 4 aromatic carbocycles. The summed E-state index contributed by atoms with van der Waals surface area (Å²) in [6.45, 7) is 13.0. The fourth-order valence-corrected chi connectivity index (χ4v) is 32.9. The van der Waals surface area contributed by atoms with Crippen molar-refractivity contribution in [1.29, 1.82) is 0 Å². The van der Waals surface area contributed by atoms with Gasteiger partial charge in [-0.15, -0.1) is 22.7 Å². The molecule has 9 saturated carbocycles. The number of benzene rings is 4. The Morgan fingerprint density at radius 1 is 0.417 bits per heavy atom. The van der Waals surface area contributed by atoms with Gasteiger partial charge in [0.05, 0.1) is 55.5 Å². The van der Waals surface area contributed by atoms with Gasteiger partial charge in [0.1, 0.15) is 37.9 Å². The predicted molar refractivity (Wildman–Crippen MR) is 551 cm³/mol. The molecule has 38 heteroatoms. The van der Waals surface area contributed by atoms with E-state index in [-0.39, 0.29) is 91.5 Å². The number of hydrogen-bond donors (Lipinski definition) is 6. The Bertz CT molecular complexity index is 6080. The highest BCUT2D eigenvalue weighted by molar-refractivity contribution is 7.22. The molecular formula is C101H102Cl8F4N12O9S5. The number of likely N-dealkylation sites (tertiary alicyclic amines) is 3. The van der Waals surface area contributed by atoms with Crippen LogP contribution in [0.4, 0.5) is 48.0 Å². The number of aliphatic carboxylic acids is 3. The predicted octanol–water partition coefficient (Wildman–Crippen LogP) is 26.7. The van der Waals surface area contributed by atoms with Gasteiger partial charge in [-0.05, 0) is 281 Å². The van der Waals surface area contributed by atoms with Gasteiger partial charge >= 0.3 is 24.1 Å². The average molecular weight is 2150 g/mol. The topological polar surface area (TPSA) is 257 Å². The first-order valence-electron chi connectivity index (χ1n) is 47.6. The number of halogens is 12. The SMILES string of the molecule is C/C(=C\c1c(Cl)cc(C(=O)Nc2nc(-c3cc(Cl)cs3)c(N3C[C@@H]4CCN(C5C6CC7CC(C6)CC5C7)[C@@H]4C3)s2)cc1Cl)C(=O)O.C/C(=C\c1c(Cl)cc(C(=O)Nc2nc(-c3cc(Cl)cs3)c(N3C[C@H]4CCN(C5C6CC7CC(C6)CC5C7)[C@H]4C3)s2)cc1Cl)C(=O)O.C/C(=C\c1c(Cl)cc(C(=O)Nc2nc(-c3cccc(C(F)(F)F)c3F)c(N3CC4CCN(C5CCCCC5)C4C3)s2)cc1Cl)C(=O)O. The highest BCUT2D eigenvalue weighted by Crippen LogP contribution is 2.60. The standard InChI is InChI=1S/2C34H35Cl3N4O3S2.C33H32Cl2F4N4O3S/c2*1-16(33(43)44)4-24-25(36)10-22(11-26(24)37)31(42)39-34-38-29(28-12-23(35)15-45-28)32(46-34)40-13-19-2-3-41(27(19)14-40)30-20-6-17-5-18(8-20)9-21(30)7-17;1-17(31(45)46)12-22-24(34)13-19(14-25(22)35)29(44)41-32-40-28(21-8-5-9-23(27(21)36)33(37,38)39)30(47-32)42-15-18-10-11-43(26(18)16-42)20-6-3-2-4-7-20/h2*4,10-12,15,17-21,27,30H,2-3,5-9,13-14H2,1H3,(H,43,44)(H,38,39,42);5,8-9,12-14,18,20,26H,2-4,6-7,10-11,15-16H2,1H3,(H,45,46)(H,40,41,44)/b2*16-4+;17-12+/t2*17?,18?,19-,20?,21?,27+,30?;/m10./s1. The molecule has 9 aliphatic carbocycles. The van der Waals surface area contributed by atoms with E-state index in [2.05, 4.69) is 50.3 Å². The third kappa shape index (κ3) is 20.3. The second-order valence-electron chi connectivity index (χ2n) is 40.2. The van der Waals surface area contributed by atoms with Crippen molar-refractivity contribution in [2.75, 3.05) is 89.6 Å². The van der Waals surface area contributed by atoms with E-state index in [0.29, 0.717) is 91.5 Å². The molecule has 24 rings (SSSR count). The third-order valence-corrected chi connectivity index (χ3v) is 39.1. The Morgan fingerprint density at radius 3 is 1.06 bits per heavy atom. The molecule has 21 nitrogen and oxygen atoms in total. The second kappa shape index (κ2) is 40.5. The highest BCUT2D eigenvalue weighted by atomic mass is 35.5. The maximum Gasteiger partial charge on any atom is 0.419 e. The van der Waals surface area contributed by atoms with Gasteiger partial charge < -0.3 is 30.0 Å². The van der Waals surface area contributed by atoms with Crippen LogP contribution >= 0.6 is 149 Å². The van der Waals surface area contributed by atoms with E-state index < -0.39 is 53.2 Å². The Hall–Kier alpha value is -7.47. The summed E-state index contributed by atoms with van der Waals surface area (Å²) in [6.07, 6.45) is 23.1. The van der Waals surface area contributed by atoms with Gasteiger partial charge in [-0.25, -0.2) is 33.7 Å². The van der Waals surface area contributed by atoms with Gasteiger partial charge in [0, 0.05) is 142 Å². The number of thiophene rings is 2. The number of alkyl halides is 3. The number of anilines is 6. The molecule has 2 unspecified atom stereocenters. The van der Waals surface area contributed by atoms with E-state index in [1.54, 1.807) is 22.7 Å². The molecule has 15 aliphatic rings. The van der Waals surface area contributed by atoms with Crippen LogP contribution in [0, 0.1) is 70.9 Å². The minimum Gasteiger partial charge on any atom is -0.478 e. The number of carbonyl (C=O) groups is 6. The zero-order valence-electron chi connectivity index (χ0n) is 76.0. The average Bonchev–Trinajstić information content (AvgIpc) is 1.68. The van der Waals surface area contributed by atoms with Crippen molar-refractivity contribution in [3.05, 3.63) is 179 Å². The molecule has 6 aliphatic heterocycles. The summed E-state index contributed by atoms with van der Waals surface area (Å²) >= 11 is 58.4. The molecule has 9 aromatic rings. The van der Waals surface area contributed by atoms with Crippen LogP contribution in [0.5, 0.6) is 0 Å². The summed E-state index contributed by atoms with van der Waals surface area (Å²) < 4.78 is 56.6. The number of thiazole rings is 3. The summed E-state index contributed by atoms with van der Waals surface area (Å²) in [4.78, 5) is 106. The van der Waals surface area contributed by atoms with Crippen LogP contribution in [0.3, 0.4) is 0 Å². The Balaban J connectivity index is 0.000000128. The number of carboxylic acid groups (broad SMARTS) is 3.